The van der Waals surface area contributed by atoms with Gasteiger partial charge in [0.25, 0.3) is 0 Å². The van der Waals surface area contributed by atoms with E-state index in [1.807, 2.05) is 10.6 Å². The van der Waals surface area contributed by atoms with Crippen molar-refractivity contribution >= 4 is 45.8 Å². The molecule has 0 atom stereocenters. The maximum Gasteiger partial charge on any atom is 0.126 e. The van der Waals surface area contributed by atoms with Crippen molar-refractivity contribution in [1.82, 2.24) is 9.55 Å². The number of alkyl halides is 1. The van der Waals surface area contributed by atoms with E-state index < -0.39 is 5.82 Å². The third-order valence-electron chi connectivity index (χ3n) is 3.11. The van der Waals surface area contributed by atoms with Gasteiger partial charge < -0.3 is 0 Å². The van der Waals surface area contributed by atoms with Crippen LogP contribution >= 0.6 is 34.8 Å². The summed E-state index contributed by atoms with van der Waals surface area (Å²) in [6.07, 6.45) is 0.558. The topological polar surface area (TPSA) is 17.8 Å². The Morgan fingerprint density at radius 2 is 1.86 bits per heavy atom. The highest BCUT2D eigenvalue weighted by Gasteiger charge is 2.13. The summed E-state index contributed by atoms with van der Waals surface area (Å²) < 4.78 is 15.5. The predicted molar refractivity (Wildman–Crippen MR) is 85.5 cm³/mol. The van der Waals surface area contributed by atoms with Crippen LogP contribution in [0.3, 0.4) is 0 Å². The molecule has 0 fully saturated rings. The van der Waals surface area contributed by atoms with E-state index in [1.165, 1.54) is 12.1 Å². The van der Waals surface area contributed by atoms with Gasteiger partial charge in [-0.15, -0.1) is 11.6 Å². The molecule has 2 aromatic carbocycles. The van der Waals surface area contributed by atoms with E-state index in [0.717, 1.165) is 16.9 Å². The summed E-state index contributed by atoms with van der Waals surface area (Å²) in [6.45, 7) is 0. The highest BCUT2D eigenvalue weighted by atomic mass is 35.5. The largest absolute Gasteiger partial charge is 0.296 e. The van der Waals surface area contributed by atoms with E-state index in [0.29, 0.717) is 28.0 Å². The van der Waals surface area contributed by atoms with Gasteiger partial charge in [0.05, 0.1) is 16.7 Å². The van der Waals surface area contributed by atoms with E-state index in [-0.39, 0.29) is 0 Å². The number of aromatic nitrogens is 2. The van der Waals surface area contributed by atoms with E-state index in [4.69, 9.17) is 34.8 Å². The number of benzene rings is 2. The molecule has 21 heavy (non-hydrogen) atoms. The summed E-state index contributed by atoms with van der Waals surface area (Å²) in [5.74, 6) is 0.758. The van der Waals surface area contributed by atoms with Crippen LogP contribution in [0.15, 0.2) is 36.4 Å². The molecule has 3 aromatic rings. The zero-order valence-corrected chi connectivity index (χ0v) is 13.1. The molecule has 0 aliphatic carbocycles. The number of halogens is 4. The number of aryl methyl sites for hydroxylation is 1. The Morgan fingerprint density at radius 1 is 1.05 bits per heavy atom. The van der Waals surface area contributed by atoms with Crippen LogP contribution in [0.5, 0.6) is 0 Å². The summed E-state index contributed by atoms with van der Waals surface area (Å²) in [5.41, 5.74) is 2.19. The zero-order valence-electron chi connectivity index (χ0n) is 10.8. The minimum Gasteiger partial charge on any atom is -0.296 e. The van der Waals surface area contributed by atoms with Gasteiger partial charge >= 0.3 is 0 Å². The Balaban J connectivity index is 2.30. The molecule has 3 rings (SSSR count). The first-order valence-corrected chi connectivity index (χ1v) is 7.57. The second kappa shape index (κ2) is 5.84. The van der Waals surface area contributed by atoms with Crippen molar-refractivity contribution in [2.75, 3.05) is 5.88 Å². The predicted octanol–water partition coefficient (Wildman–Crippen LogP) is 5.25. The van der Waals surface area contributed by atoms with E-state index in [1.54, 1.807) is 18.2 Å². The number of imidazole rings is 1. The van der Waals surface area contributed by atoms with Crippen molar-refractivity contribution in [2.45, 2.75) is 6.42 Å². The smallest absolute Gasteiger partial charge is 0.126 e. The van der Waals surface area contributed by atoms with Crippen LogP contribution in [0, 0.1) is 5.82 Å². The maximum atomic E-state index is 13.6. The van der Waals surface area contributed by atoms with Crippen molar-refractivity contribution in [2.24, 2.45) is 0 Å². The monoisotopic (exact) mass is 342 g/mol. The molecule has 0 amide bonds. The van der Waals surface area contributed by atoms with Gasteiger partial charge in [0.15, 0.2) is 0 Å². The average molecular weight is 344 g/mol. The average Bonchev–Trinajstić information content (AvgIpc) is 2.75. The number of nitrogens with zero attached hydrogens (tertiary/aromatic N) is 2. The fourth-order valence-electron chi connectivity index (χ4n) is 2.31. The minimum absolute atomic E-state index is 0.331. The first-order valence-electron chi connectivity index (χ1n) is 6.28. The van der Waals surface area contributed by atoms with Crippen molar-refractivity contribution < 1.29 is 4.39 Å². The highest BCUT2D eigenvalue weighted by Crippen LogP contribution is 2.27. The Labute approximate surface area is 136 Å². The lowest BCUT2D eigenvalue weighted by atomic mass is 10.2. The van der Waals surface area contributed by atoms with Gasteiger partial charge in [-0.05, 0) is 36.4 Å². The van der Waals surface area contributed by atoms with Crippen LogP contribution < -0.4 is 0 Å². The quantitative estimate of drug-likeness (QED) is 0.594. The first kappa shape index (κ1) is 14.6. The van der Waals surface area contributed by atoms with Gasteiger partial charge in [-0.3, -0.25) is 4.57 Å². The summed E-state index contributed by atoms with van der Waals surface area (Å²) in [5, 5.41) is 0.930. The van der Waals surface area contributed by atoms with Crippen LogP contribution in [0.25, 0.3) is 16.7 Å². The lowest BCUT2D eigenvalue weighted by molar-refractivity contribution is 0.626. The standard InChI is InChI=1S/C15H10Cl3FN2/c16-4-3-15-20-13-7-9(17)1-2-14(13)21(15)12-6-10(18)5-11(19)8-12/h1-2,5-8H,3-4H2. The SMILES string of the molecule is Fc1cc(Cl)cc(-n2c(CCCl)nc3cc(Cl)ccc32)c1. The molecule has 0 radical (unpaired) electrons. The van der Waals surface area contributed by atoms with Gasteiger partial charge in [0.1, 0.15) is 11.6 Å². The number of rotatable bonds is 3. The van der Waals surface area contributed by atoms with E-state index in [2.05, 4.69) is 4.98 Å². The van der Waals surface area contributed by atoms with Gasteiger partial charge in [0.2, 0.25) is 0 Å². The third-order valence-corrected chi connectivity index (χ3v) is 3.75. The molecular formula is C15H10Cl3FN2. The zero-order chi connectivity index (χ0) is 15.0. The van der Waals surface area contributed by atoms with Crippen LogP contribution in [-0.2, 0) is 6.42 Å². The first-order chi connectivity index (χ1) is 10.1. The summed E-state index contributed by atoms with van der Waals surface area (Å²) >= 11 is 17.8. The van der Waals surface area contributed by atoms with Crippen molar-refractivity contribution in [1.29, 1.82) is 0 Å². The van der Waals surface area contributed by atoms with Gasteiger partial charge in [-0.25, -0.2) is 9.37 Å². The van der Waals surface area contributed by atoms with Crippen LogP contribution in [-0.4, -0.2) is 15.4 Å². The molecule has 0 saturated carbocycles. The molecule has 1 aromatic heterocycles. The summed E-state index contributed by atoms with van der Waals surface area (Å²) in [7, 11) is 0. The molecule has 1 heterocycles. The lowest BCUT2D eigenvalue weighted by Gasteiger charge is -2.09. The van der Waals surface area contributed by atoms with Crippen molar-refractivity contribution in [3.05, 3.63) is 58.1 Å². The Kier molecular flexibility index (Phi) is 4.07. The molecule has 0 saturated heterocycles. The molecule has 0 spiro atoms. The Hall–Kier alpha value is -1.29. The normalized spacial score (nSPS) is 11.2. The number of hydrogen-bond donors (Lipinski definition) is 0. The summed E-state index contributed by atoms with van der Waals surface area (Å²) in [6, 6.07) is 9.76. The van der Waals surface area contributed by atoms with E-state index in [9.17, 15) is 4.39 Å². The molecule has 0 N–H and O–H groups in total. The van der Waals surface area contributed by atoms with Crippen LogP contribution in [0.4, 0.5) is 4.39 Å². The fraction of sp³-hybridized carbons (Fsp3) is 0.133. The van der Waals surface area contributed by atoms with Gasteiger partial charge in [0, 0.05) is 22.3 Å². The molecule has 6 heteroatoms. The fourth-order valence-corrected chi connectivity index (χ4v) is 2.86. The second-order valence-electron chi connectivity index (χ2n) is 4.56. The molecule has 0 unspecified atom stereocenters. The van der Waals surface area contributed by atoms with Crippen molar-refractivity contribution in [3.8, 4) is 5.69 Å². The van der Waals surface area contributed by atoms with Crippen molar-refractivity contribution in [3.63, 3.8) is 0 Å². The van der Waals surface area contributed by atoms with Gasteiger partial charge in [-0.2, -0.15) is 0 Å². The van der Waals surface area contributed by atoms with Gasteiger partial charge in [-0.1, -0.05) is 23.2 Å². The molecular weight excluding hydrogens is 334 g/mol. The summed E-state index contributed by atoms with van der Waals surface area (Å²) in [4.78, 5) is 4.53. The lowest BCUT2D eigenvalue weighted by Crippen LogP contribution is -2.02. The molecule has 0 bridgehead atoms. The maximum absolute atomic E-state index is 13.6. The minimum atomic E-state index is -0.398. The highest BCUT2D eigenvalue weighted by molar-refractivity contribution is 6.31. The second-order valence-corrected chi connectivity index (χ2v) is 5.81. The molecule has 0 aliphatic heterocycles. The molecule has 2 nitrogen and oxygen atoms in total. The number of fused-ring (bicyclic) bond motifs is 1. The van der Waals surface area contributed by atoms with Crippen LogP contribution in [0.2, 0.25) is 10.0 Å². The van der Waals surface area contributed by atoms with E-state index >= 15 is 0 Å². The number of hydrogen-bond acceptors (Lipinski definition) is 1. The Bertz CT molecular complexity index is 794. The Morgan fingerprint density at radius 3 is 2.57 bits per heavy atom. The van der Waals surface area contributed by atoms with Crippen LogP contribution in [0.1, 0.15) is 5.82 Å². The molecule has 108 valence electrons. The molecule has 0 aliphatic rings. The third kappa shape index (κ3) is 2.86.